The molecule has 0 aliphatic carbocycles. The molecule has 1 heterocycles. The van der Waals surface area contributed by atoms with E-state index in [1.165, 1.54) is 18.2 Å². The van der Waals surface area contributed by atoms with Crippen molar-refractivity contribution in [1.82, 2.24) is 0 Å². The number of hydrogen-bond donors (Lipinski definition) is 2. The van der Waals surface area contributed by atoms with E-state index in [0.29, 0.717) is 0 Å². The molecular weight excluding hydrogens is 216 g/mol. The van der Waals surface area contributed by atoms with Crippen molar-refractivity contribution >= 4 is 17.1 Å². The van der Waals surface area contributed by atoms with Gasteiger partial charge in [-0.2, -0.15) is 0 Å². The smallest absolute Gasteiger partial charge is 0.508 e. The Morgan fingerprint density at radius 2 is 2.06 bits per heavy atom. The van der Waals surface area contributed by atoms with Crippen LogP contribution in [0.5, 0.6) is 11.7 Å². The van der Waals surface area contributed by atoms with Crippen LogP contribution < -0.4 is 10.2 Å². The Balaban J connectivity index is 2.65. The van der Waals surface area contributed by atoms with Gasteiger partial charge in [0, 0.05) is 6.07 Å². The molecule has 0 saturated heterocycles. The predicted molar refractivity (Wildman–Crippen MR) is 52.8 cm³/mol. The molecule has 0 amide bonds. The number of hydrogen-bond acceptors (Lipinski definition) is 5. The van der Waals surface area contributed by atoms with Crippen LogP contribution >= 0.6 is 0 Å². The van der Waals surface area contributed by atoms with Gasteiger partial charge in [0.1, 0.15) is 11.3 Å². The highest BCUT2D eigenvalue weighted by atomic mass is 16.7. The summed E-state index contributed by atoms with van der Waals surface area (Å²) in [5.74, 6) is -0.529. The van der Waals surface area contributed by atoms with Gasteiger partial charge in [-0.15, -0.1) is 0 Å². The van der Waals surface area contributed by atoms with Crippen molar-refractivity contribution in [3.63, 3.8) is 0 Å². The van der Waals surface area contributed by atoms with Crippen molar-refractivity contribution in [2.24, 2.45) is 0 Å². The number of phenolic OH excluding ortho intramolecular Hbond substituents is 1. The molecule has 16 heavy (non-hydrogen) atoms. The number of fused-ring (bicyclic) bond motifs is 1. The summed E-state index contributed by atoms with van der Waals surface area (Å²) in [4.78, 5) is 21.7. The first-order valence-electron chi connectivity index (χ1n) is 4.24. The molecule has 0 atom stereocenters. The highest BCUT2D eigenvalue weighted by Crippen LogP contribution is 2.21. The van der Waals surface area contributed by atoms with Crippen LogP contribution in [0.2, 0.25) is 0 Å². The third kappa shape index (κ3) is 1.81. The molecule has 1 aromatic carbocycles. The minimum absolute atomic E-state index is 0.0590. The number of carbonyl (C=O) groups is 1. The average Bonchev–Trinajstić information content (AvgIpc) is 2.15. The van der Waals surface area contributed by atoms with E-state index in [1.807, 2.05) is 0 Å². The summed E-state index contributed by atoms with van der Waals surface area (Å²) in [6.07, 6.45) is -1.58. The molecule has 0 bridgehead atoms. The van der Waals surface area contributed by atoms with Gasteiger partial charge in [-0.1, -0.05) is 0 Å². The van der Waals surface area contributed by atoms with E-state index in [0.717, 1.165) is 6.07 Å². The van der Waals surface area contributed by atoms with Crippen LogP contribution in [0.3, 0.4) is 0 Å². The third-order valence-corrected chi connectivity index (χ3v) is 1.88. The SMILES string of the molecule is O=C(O)Oc1cc(=O)c2ccc(O)cc2o1. The van der Waals surface area contributed by atoms with Gasteiger partial charge in [-0.05, 0) is 12.1 Å². The molecule has 2 rings (SSSR count). The van der Waals surface area contributed by atoms with E-state index in [-0.39, 0.29) is 16.7 Å². The van der Waals surface area contributed by atoms with E-state index in [1.54, 1.807) is 0 Å². The predicted octanol–water partition coefficient (Wildman–Crippen LogP) is 1.56. The standard InChI is InChI=1S/C10H6O6/c11-5-1-2-6-7(12)4-9(16-10(13)14)15-8(6)3-5/h1-4,11H,(H,13,14). The van der Waals surface area contributed by atoms with Crippen molar-refractivity contribution in [1.29, 1.82) is 0 Å². The lowest BCUT2D eigenvalue weighted by atomic mass is 10.2. The van der Waals surface area contributed by atoms with E-state index >= 15 is 0 Å². The Labute approximate surface area is 88.3 Å². The molecular formula is C10H6O6. The van der Waals surface area contributed by atoms with Gasteiger partial charge >= 0.3 is 6.16 Å². The molecule has 0 aliphatic rings. The van der Waals surface area contributed by atoms with Crippen molar-refractivity contribution in [2.45, 2.75) is 0 Å². The molecule has 82 valence electrons. The van der Waals surface area contributed by atoms with E-state index in [9.17, 15) is 14.7 Å². The first-order chi connectivity index (χ1) is 7.56. The quantitative estimate of drug-likeness (QED) is 0.710. The molecule has 0 saturated carbocycles. The molecule has 0 aliphatic heterocycles. The maximum absolute atomic E-state index is 11.5. The zero-order chi connectivity index (χ0) is 11.7. The zero-order valence-corrected chi connectivity index (χ0v) is 7.84. The van der Waals surface area contributed by atoms with Crippen LogP contribution in [0.25, 0.3) is 11.0 Å². The highest BCUT2D eigenvalue weighted by molar-refractivity contribution is 5.78. The number of benzene rings is 1. The summed E-state index contributed by atoms with van der Waals surface area (Å²) in [6.45, 7) is 0. The number of phenols is 1. The summed E-state index contributed by atoms with van der Waals surface area (Å²) in [5.41, 5.74) is -0.388. The second kappa shape index (κ2) is 3.58. The second-order valence-corrected chi connectivity index (χ2v) is 2.98. The Hall–Kier alpha value is -2.50. The molecule has 0 fully saturated rings. The van der Waals surface area contributed by atoms with E-state index in [4.69, 9.17) is 9.52 Å². The summed E-state index contributed by atoms with van der Waals surface area (Å²) >= 11 is 0. The summed E-state index contributed by atoms with van der Waals surface area (Å²) in [6, 6.07) is 4.83. The summed E-state index contributed by atoms with van der Waals surface area (Å²) in [5, 5.41) is 17.8. The maximum atomic E-state index is 11.5. The molecule has 1 aromatic heterocycles. The van der Waals surface area contributed by atoms with Crippen LogP contribution in [-0.2, 0) is 0 Å². The fraction of sp³-hybridized carbons (Fsp3) is 0. The lowest BCUT2D eigenvalue weighted by molar-refractivity contribution is 0.133. The van der Waals surface area contributed by atoms with Crippen LogP contribution in [0.1, 0.15) is 0 Å². The maximum Gasteiger partial charge on any atom is 0.513 e. The summed E-state index contributed by atoms with van der Waals surface area (Å²) in [7, 11) is 0. The molecule has 0 spiro atoms. The van der Waals surface area contributed by atoms with Crippen molar-refractivity contribution in [2.75, 3.05) is 0 Å². The fourth-order valence-corrected chi connectivity index (χ4v) is 1.26. The lowest BCUT2D eigenvalue weighted by Gasteiger charge is -2.01. The molecule has 0 unspecified atom stereocenters. The first kappa shape index (κ1) is 10.0. The molecule has 0 radical (unpaired) electrons. The lowest BCUT2D eigenvalue weighted by Crippen LogP contribution is -2.07. The highest BCUT2D eigenvalue weighted by Gasteiger charge is 2.09. The van der Waals surface area contributed by atoms with Gasteiger partial charge in [0.15, 0.2) is 5.43 Å². The number of ether oxygens (including phenoxy) is 1. The third-order valence-electron chi connectivity index (χ3n) is 1.88. The molecule has 2 N–H and O–H groups in total. The Morgan fingerprint density at radius 3 is 2.75 bits per heavy atom. The minimum Gasteiger partial charge on any atom is -0.508 e. The minimum atomic E-state index is -1.58. The molecule has 6 heteroatoms. The van der Waals surface area contributed by atoms with E-state index < -0.39 is 17.5 Å². The van der Waals surface area contributed by atoms with Crippen LogP contribution in [-0.4, -0.2) is 16.4 Å². The molecule has 2 aromatic rings. The van der Waals surface area contributed by atoms with Crippen molar-refractivity contribution in [3.05, 3.63) is 34.5 Å². The normalized spacial score (nSPS) is 10.2. The van der Waals surface area contributed by atoms with Gasteiger partial charge in [-0.25, -0.2) is 4.79 Å². The molecule has 6 nitrogen and oxygen atoms in total. The van der Waals surface area contributed by atoms with E-state index in [2.05, 4.69) is 4.74 Å². The Morgan fingerprint density at radius 1 is 1.31 bits per heavy atom. The van der Waals surface area contributed by atoms with Gasteiger partial charge in [-0.3, -0.25) is 4.79 Å². The van der Waals surface area contributed by atoms with Crippen LogP contribution in [0, 0.1) is 0 Å². The largest absolute Gasteiger partial charge is 0.513 e. The van der Waals surface area contributed by atoms with Crippen LogP contribution in [0.4, 0.5) is 4.79 Å². The summed E-state index contributed by atoms with van der Waals surface area (Å²) < 4.78 is 9.18. The number of aromatic hydroxyl groups is 1. The average molecular weight is 222 g/mol. The van der Waals surface area contributed by atoms with Crippen LogP contribution in [0.15, 0.2) is 33.5 Å². The number of carboxylic acid groups (broad SMARTS) is 1. The monoisotopic (exact) mass is 222 g/mol. The first-order valence-corrected chi connectivity index (χ1v) is 4.24. The Kier molecular flexibility index (Phi) is 2.24. The Bertz CT molecular complexity index is 612. The zero-order valence-electron chi connectivity index (χ0n) is 7.84. The number of rotatable bonds is 1. The fourth-order valence-electron chi connectivity index (χ4n) is 1.26. The van der Waals surface area contributed by atoms with Crippen molar-refractivity contribution in [3.8, 4) is 11.7 Å². The van der Waals surface area contributed by atoms with Gasteiger partial charge in [0.05, 0.1) is 11.5 Å². The van der Waals surface area contributed by atoms with Crippen molar-refractivity contribution < 1.29 is 24.2 Å². The van der Waals surface area contributed by atoms with Gasteiger partial charge in [0.2, 0.25) is 0 Å². The topological polar surface area (TPSA) is 97.0 Å². The van der Waals surface area contributed by atoms with Gasteiger partial charge < -0.3 is 19.4 Å². The van der Waals surface area contributed by atoms with Gasteiger partial charge in [0.25, 0.3) is 5.95 Å². The second-order valence-electron chi connectivity index (χ2n) is 2.98.